The van der Waals surface area contributed by atoms with Gasteiger partial charge in [-0.1, -0.05) is 18.6 Å². The Morgan fingerprint density at radius 2 is 1.90 bits per heavy atom. The van der Waals surface area contributed by atoms with Gasteiger partial charge in [0.05, 0.1) is 18.1 Å². The number of ether oxygens (including phenoxy) is 1. The average molecular weight is 398 g/mol. The van der Waals surface area contributed by atoms with Gasteiger partial charge in [-0.25, -0.2) is 0 Å². The number of nitro groups is 1. The minimum absolute atomic E-state index is 0.0222. The highest BCUT2D eigenvalue weighted by molar-refractivity contribution is 5.95. The SMILES string of the molecule is COc1ccc([C@@H](CNC(=O)c2ccc(N)c([N+](=O)[O-])c2)N2CCCCC2)cc1. The molecule has 0 aromatic heterocycles. The number of hydrogen-bond acceptors (Lipinski definition) is 6. The quantitative estimate of drug-likeness (QED) is 0.421. The summed E-state index contributed by atoms with van der Waals surface area (Å²) in [4.78, 5) is 25.5. The van der Waals surface area contributed by atoms with Crippen molar-refractivity contribution in [2.45, 2.75) is 25.3 Å². The molecule has 3 rings (SSSR count). The maximum atomic E-state index is 12.6. The third kappa shape index (κ3) is 5.03. The van der Waals surface area contributed by atoms with Crippen molar-refractivity contribution >= 4 is 17.3 Å². The molecule has 2 aromatic carbocycles. The van der Waals surface area contributed by atoms with Gasteiger partial charge in [0.1, 0.15) is 11.4 Å². The standard InChI is InChI=1S/C21H26N4O4/c1-29-17-8-5-15(6-9-17)20(24-11-3-2-4-12-24)14-23-21(26)16-7-10-18(22)19(13-16)25(27)28/h5-10,13,20H,2-4,11-12,14,22H2,1H3,(H,23,26)/t20-/m1/s1. The van der Waals surface area contributed by atoms with Crippen molar-refractivity contribution in [1.29, 1.82) is 0 Å². The first-order valence-electron chi connectivity index (χ1n) is 9.69. The number of nitrogens with zero attached hydrogens (tertiary/aromatic N) is 2. The number of methoxy groups -OCH3 is 1. The molecule has 8 heteroatoms. The van der Waals surface area contributed by atoms with Crippen LogP contribution in [-0.2, 0) is 0 Å². The van der Waals surface area contributed by atoms with Crippen LogP contribution in [-0.4, -0.2) is 42.5 Å². The van der Waals surface area contributed by atoms with Gasteiger partial charge >= 0.3 is 0 Å². The van der Waals surface area contributed by atoms with E-state index in [1.54, 1.807) is 7.11 Å². The molecule has 0 radical (unpaired) electrons. The van der Waals surface area contributed by atoms with Gasteiger partial charge in [0.25, 0.3) is 11.6 Å². The normalized spacial score (nSPS) is 15.5. The number of piperidine rings is 1. The molecule has 154 valence electrons. The second-order valence-corrected chi connectivity index (χ2v) is 7.13. The Morgan fingerprint density at radius 1 is 1.21 bits per heavy atom. The van der Waals surface area contributed by atoms with E-state index in [-0.39, 0.29) is 28.9 Å². The fraction of sp³-hybridized carbons (Fsp3) is 0.381. The minimum atomic E-state index is -0.583. The van der Waals surface area contributed by atoms with Gasteiger partial charge < -0.3 is 15.8 Å². The van der Waals surface area contributed by atoms with Crippen molar-refractivity contribution < 1.29 is 14.5 Å². The summed E-state index contributed by atoms with van der Waals surface area (Å²) in [6.07, 6.45) is 3.48. The van der Waals surface area contributed by atoms with Crippen LogP contribution in [0, 0.1) is 10.1 Å². The first-order valence-corrected chi connectivity index (χ1v) is 9.69. The first kappa shape index (κ1) is 20.6. The zero-order chi connectivity index (χ0) is 20.8. The smallest absolute Gasteiger partial charge is 0.292 e. The van der Waals surface area contributed by atoms with Crippen molar-refractivity contribution in [3.63, 3.8) is 0 Å². The summed E-state index contributed by atoms with van der Waals surface area (Å²) in [5.74, 6) is 0.424. The lowest BCUT2D eigenvalue weighted by Crippen LogP contribution is -2.40. The van der Waals surface area contributed by atoms with Gasteiger partial charge in [-0.3, -0.25) is 19.8 Å². The van der Waals surface area contributed by atoms with Crippen LogP contribution in [0.3, 0.4) is 0 Å². The van der Waals surface area contributed by atoms with Gasteiger partial charge in [0.15, 0.2) is 0 Å². The number of benzene rings is 2. The van der Waals surface area contributed by atoms with Crippen molar-refractivity contribution in [2.75, 3.05) is 32.5 Å². The van der Waals surface area contributed by atoms with Crippen LogP contribution in [0.15, 0.2) is 42.5 Å². The Kier molecular flexibility index (Phi) is 6.66. The predicted octanol–water partition coefficient (Wildman–Crippen LogP) is 3.14. The number of carbonyl (C=O) groups is 1. The van der Waals surface area contributed by atoms with Crippen LogP contribution in [0.1, 0.15) is 41.2 Å². The third-order valence-corrected chi connectivity index (χ3v) is 5.28. The molecule has 1 amide bonds. The van der Waals surface area contributed by atoms with E-state index in [0.29, 0.717) is 6.54 Å². The largest absolute Gasteiger partial charge is 0.497 e. The summed E-state index contributed by atoms with van der Waals surface area (Å²) >= 11 is 0. The highest BCUT2D eigenvalue weighted by atomic mass is 16.6. The number of rotatable bonds is 7. The number of nitro benzene ring substituents is 1. The van der Waals surface area contributed by atoms with Crippen LogP contribution in [0.4, 0.5) is 11.4 Å². The fourth-order valence-corrected chi connectivity index (χ4v) is 3.65. The maximum Gasteiger partial charge on any atom is 0.292 e. The first-order chi connectivity index (χ1) is 14.0. The Balaban J connectivity index is 1.76. The van der Waals surface area contributed by atoms with Crippen LogP contribution >= 0.6 is 0 Å². The predicted molar refractivity (Wildman–Crippen MR) is 111 cm³/mol. The Labute approximate surface area is 169 Å². The van der Waals surface area contributed by atoms with Gasteiger partial charge in [-0.2, -0.15) is 0 Å². The topological polar surface area (TPSA) is 111 Å². The number of carbonyl (C=O) groups excluding carboxylic acids is 1. The summed E-state index contributed by atoms with van der Waals surface area (Å²) in [6, 6.07) is 12.0. The van der Waals surface area contributed by atoms with E-state index < -0.39 is 4.92 Å². The summed E-state index contributed by atoms with van der Waals surface area (Å²) < 4.78 is 5.24. The van der Waals surface area contributed by atoms with Crippen LogP contribution in [0.25, 0.3) is 0 Å². The Hall–Kier alpha value is -3.13. The second kappa shape index (κ2) is 9.38. The highest BCUT2D eigenvalue weighted by Gasteiger charge is 2.24. The molecular weight excluding hydrogens is 372 g/mol. The molecule has 2 aromatic rings. The number of nitrogens with two attached hydrogens (primary N) is 1. The number of likely N-dealkylation sites (tertiary alicyclic amines) is 1. The van der Waals surface area contributed by atoms with Crippen molar-refractivity contribution in [3.8, 4) is 5.75 Å². The molecule has 1 aliphatic rings. The lowest BCUT2D eigenvalue weighted by molar-refractivity contribution is -0.383. The molecule has 29 heavy (non-hydrogen) atoms. The van der Waals surface area contributed by atoms with Gasteiger partial charge in [-0.05, 0) is 55.8 Å². The molecule has 0 bridgehead atoms. The van der Waals surface area contributed by atoms with Crippen LogP contribution in [0.5, 0.6) is 5.75 Å². The number of anilines is 1. The van der Waals surface area contributed by atoms with E-state index in [2.05, 4.69) is 10.2 Å². The molecule has 1 fully saturated rings. The van der Waals surface area contributed by atoms with E-state index >= 15 is 0 Å². The molecule has 0 unspecified atom stereocenters. The van der Waals surface area contributed by atoms with Gasteiger partial charge in [-0.15, -0.1) is 0 Å². The lowest BCUT2D eigenvalue weighted by Gasteiger charge is -2.35. The van der Waals surface area contributed by atoms with Gasteiger partial charge in [0.2, 0.25) is 0 Å². The molecule has 1 heterocycles. The summed E-state index contributed by atoms with van der Waals surface area (Å²) in [5, 5.41) is 14.0. The van der Waals surface area contributed by atoms with Crippen molar-refractivity contribution in [3.05, 3.63) is 63.7 Å². The average Bonchev–Trinajstić information content (AvgIpc) is 2.75. The lowest BCUT2D eigenvalue weighted by atomic mass is 10.0. The van der Waals surface area contributed by atoms with E-state index in [0.717, 1.165) is 37.2 Å². The van der Waals surface area contributed by atoms with E-state index in [1.165, 1.54) is 24.6 Å². The molecule has 1 atom stereocenters. The Morgan fingerprint density at radius 3 is 2.52 bits per heavy atom. The molecule has 1 aliphatic heterocycles. The molecular formula is C21H26N4O4. The summed E-state index contributed by atoms with van der Waals surface area (Å²) in [6.45, 7) is 2.35. The van der Waals surface area contributed by atoms with E-state index in [1.807, 2.05) is 24.3 Å². The van der Waals surface area contributed by atoms with Crippen molar-refractivity contribution in [2.24, 2.45) is 0 Å². The summed E-state index contributed by atoms with van der Waals surface area (Å²) in [5.41, 5.74) is 6.71. The Bertz CT molecular complexity index is 863. The third-order valence-electron chi connectivity index (χ3n) is 5.28. The van der Waals surface area contributed by atoms with E-state index in [4.69, 9.17) is 10.5 Å². The molecule has 0 spiro atoms. The number of amides is 1. The minimum Gasteiger partial charge on any atom is -0.497 e. The number of nitrogens with one attached hydrogen (secondary N) is 1. The molecule has 0 aliphatic carbocycles. The molecule has 1 saturated heterocycles. The van der Waals surface area contributed by atoms with E-state index in [9.17, 15) is 14.9 Å². The zero-order valence-corrected chi connectivity index (χ0v) is 16.5. The molecule has 3 N–H and O–H groups in total. The monoisotopic (exact) mass is 398 g/mol. The summed E-state index contributed by atoms with van der Waals surface area (Å²) in [7, 11) is 1.63. The van der Waals surface area contributed by atoms with Crippen LogP contribution < -0.4 is 15.8 Å². The molecule has 8 nitrogen and oxygen atoms in total. The molecule has 0 saturated carbocycles. The number of hydrogen-bond donors (Lipinski definition) is 2. The second-order valence-electron chi connectivity index (χ2n) is 7.13. The zero-order valence-electron chi connectivity index (χ0n) is 16.5. The number of nitrogen functional groups attached to an aromatic ring is 1. The van der Waals surface area contributed by atoms with Crippen LogP contribution in [0.2, 0.25) is 0 Å². The van der Waals surface area contributed by atoms with Gasteiger partial charge in [0, 0.05) is 18.2 Å². The maximum absolute atomic E-state index is 12.6. The highest BCUT2D eigenvalue weighted by Crippen LogP contribution is 2.26. The van der Waals surface area contributed by atoms with Crippen molar-refractivity contribution in [1.82, 2.24) is 10.2 Å². The fourth-order valence-electron chi connectivity index (χ4n) is 3.65.